The molecular weight excluding hydrogens is 638 g/mol. The third-order valence-electron chi connectivity index (χ3n) is 6.85. The van der Waals surface area contributed by atoms with E-state index >= 15 is 0 Å². The molecule has 3 aromatic carbocycles. The SMILES string of the molecule is C=CCOC(=O)NCCCC[C@H](NC(=O)[C@H](Cc1ccccc1)NC=O)C(=O)Nc1ccc(COC(=O)Oc2ccc([N+](=O)[O-])cc2)cc1. The van der Waals surface area contributed by atoms with Gasteiger partial charge in [-0.3, -0.25) is 24.5 Å². The number of hydrogen-bond acceptors (Lipinski definition) is 10. The van der Waals surface area contributed by atoms with E-state index in [0.717, 1.165) is 5.56 Å². The number of hydrogen-bond donors (Lipinski definition) is 4. The Hall–Kier alpha value is -6.25. The van der Waals surface area contributed by atoms with Gasteiger partial charge < -0.3 is 35.5 Å². The highest BCUT2D eigenvalue weighted by Crippen LogP contribution is 2.18. The van der Waals surface area contributed by atoms with E-state index < -0.39 is 41.1 Å². The molecule has 0 aliphatic carbocycles. The van der Waals surface area contributed by atoms with Crippen molar-refractivity contribution in [3.63, 3.8) is 0 Å². The minimum atomic E-state index is -1.01. The van der Waals surface area contributed by atoms with Gasteiger partial charge >= 0.3 is 12.2 Å². The number of rotatable bonds is 19. The molecule has 49 heavy (non-hydrogen) atoms. The predicted octanol–water partition coefficient (Wildman–Crippen LogP) is 4.17. The summed E-state index contributed by atoms with van der Waals surface area (Å²) in [5.74, 6) is -0.979. The normalized spacial score (nSPS) is 11.5. The van der Waals surface area contributed by atoms with Gasteiger partial charge in [-0.05, 0) is 54.7 Å². The van der Waals surface area contributed by atoms with E-state index in [0.29, 0.717) is 30.5 Å². The summed E-state index contributed by atoms with van der Waals surface area (Å²) in [5, 5.41) is 21.4. The summed E-state index contributed by atoms with van der Waals surface area (Å²) in [7, 11) is 0. The van der Waals surface area contributed by atoms with Gasteiger partial charge in [0.1, 0.15) is 31.0 Å². The van der Waals surface area contributed by atoms with E-state index in [9.17, 15) is 34.1 Å². The van der Waals surface area contributed by atoms with Gasteiger partial charge in [-0.15, -0.1) is 0 Å². The quantitative estimate of drug-likeness (QED) is 0.0271. The molecule has 2 atom stereocenters. The van der Waals surface area contributed by atoms with Gasteiger partial charge in [0.2, 0.25) is 18.2 Å². The molecule has 0 fully saturated rings. The number of nitrogens with one attached hydrogen (secondary N) is 4. The van der Waals surface area contributed by atoms with Crippen LogP contribution in [0.25, 0.3) is 0 Å². The summed E-state index contributed by atoms with van der Waals surface area (Å²) in [6.45, 7) is 3.68. The van der Waals surface area contributed by atoms with Crippen molar-refractivity contribution in [3.8, 4) is 5.75 Å². The molecule has 0 aliphatic heterocycles. The maximum Gasteiger partial charge on any atom is 0.514 e. The molecule has 0 saturated heterocycles. The number of benzene rings is 3. The van der Waals surface area contributed by atoms with Crippen LogP contribution in [-0.2, 0) is 36.9 Å². The molecule has 0 radical (unpaired) electrons. The molecular formula is C34H37N5O10. The number of carbonyl (C=O) groups excluding carboxylic acids is 5. The Morgan fingerprint density at radius 1 is 0.857 bits per heavy atom. The molecule has 15 heteroatoms. The van der Waals surface area contributed by atoms with Crippen LogP contribution in [0.2, 0.25) is 0 Å². The Balaban J connectivity index is 1.58. The number of alkyl carbamates (subject to hydrolysis) is 1. The van der Waals surface area contributed by atoms with Crippen molar-refractivity contribution in [1.82, 2.24) is 16.0 Å². The maximum absolute atomic E-state index is 13.4. The summed E-state index contributed by atoms with van der Waals surface area (Å²) in [5.41, 5.74) is 1.64. The second-order valence-corrected chi connectivity index (χ2v) is 10.5. The molecule has 258 valence electrons. The van der Waals surface area contributed by atoms with Crippen LogP contribution in [0.5, 0.6) is 5.75 Å². The van der Waals surface area contributed by atoms with Gasteiger partial charge in [0.25, 0.3) is 5.69 Å². The van der Waals surface area contributed by atoms with Crippen molar-refractivity contribution in [2.75, 3.05) is 18.5 Å². The van der Waals surface area contributed by atoms with E-state index in [-0.39, 0.29) is 44.0 Å². The molecule has 3 rings (SSSR count). The highest BCUT2D eigenvalue weighted by atomic mass is 16.7. The van der Waals surface area contributed by atoms with E-state index in [1.54, 1.807) is 24.3 Å². The molecule has 0 aliphatic rings. The number of non-ortho nitro benzene ring substituents is 1. The molecule has 4 amide bonds. The first-order valence-electron chi connectivity index (χ1n) is 15.2. The highest BCUT2D eigenvalue weighted by Gasteiger charge is 2.26. The first-order valence-corrected chi connectivity index (χ1v) is 15.2. The molecule has 0 aromatic heterocycles. The van der Waals surface area contributed by atoms with Gasteiger partial charge in [-0.1, -0.05) is 55.1 Å². The average molecular weight is 676 g/mol. The Morgan fingerprint density at radius 3 is 2.22 bits per heavy atom. The second kappa shape index (κ2) is 20.1. The number of amides is 4. The number of nitro benzene ring substituents is 1. The Bertz CT molecular complexity index is 1570. The lowest BCUT2D eigenvalue weighted by Gasteiger charge is -2.22. The van der Waals surface area contributed by atoms with Crippen LogP contribution in [0, 0.1) is 10.1 Å². The van der Waals surface area contributed by atoms with Gasteiger partial charge in [-0.2, -0.15) is 0 Å². The monoisotopic (exact) mass is 675 g/mol. The smallest absolute Gasteiger partial charge is 0.445 e. The number of ether oxygens (including phenoxy) is 3. The standard InChI is InChI=1S/C34H37N5O10/c1-2-20-47-33(43)35-19-7-6-10-29(38-32(42)30(36-23-40)21-24-8-4-3-5-9-24)31(41)37-26-13-11-25(12-14-26)22-48-34(44)49-28-17-15-27(16-18-28)39(45)46/h2-5,8-9,11-18,23,29-30H,1,6-7,10,19-22H2,(H,35,43)(H,36,40)(H,37,41)(H,38,42)/t29-,30-/m0/s1. The minimum Gasteiger partial charge on any atom is -0.445 e. The average Bonchev–Trinajstić information content (AvgIpc) is 3.10. The van der Waals surface area contributed by atoms with Gasteiger partial charge in [0.05, 0.1) is 4.92 Å². The van der Waals surface area contributed by atoms with E-state index in [2.05, 4.69) is 27.8 Å². The number of carbonyl (C=O) groups is 5. The summed E-state index contributed by atoms with van der Waals surface area (Å²) in [4.78, 5) is 71.8. The van der Waals surface area contributed by atoms with Crippen LogP contribution in [-0.4, -0.2) is 60.6 Å². The van der Waals surface area contributed by atoms with Crippen molar-refractivity contribution in [1.29, 1.82) is 0 Å². The fraction of sp³-hybridized carbons (Fsp3) is 0.265. The van der Waals surface area contributed by atoms with Crippen LogP contribution >= 0.6 is 0 Å². The van der Waals surface area contributed by atoms with Gasteiger partial charge in [0, 0.05) is 30.8 Å². The molecule has 0 heterocycles. The summed E-state index contributed by atoms with van der Waals surface area (Å²) in [6.07, 6.45) is 1.65. The molecule has 0 spiro atoms. The van der Waals surface area contributed by atoms with Crippen molar-refractivity contribution >= 4 is 41.8 Å². The molecule has 4 N–H and O–H groups in total. The first kappa shape index (κ1) is 37.2. The molecule has 0 bridgehead atoms. The number of unbranched alkanes of at least 4 members (excludes halogenated alkanes) is 1. The largest absolute Gasteiger partial charge is 0.514 e. The third-order valence-corrected chi connectivity index (χ3v) is 6.85. The molecule has 0 saturated carbocycles. The summed E-state index contributed by atoms with van der Waals surface area (Å²) < 4.78 is 15.0. The topological polar surface area (TPSA) is 204 Å². The number of nitro groups is 1. The van der Waals surface area contributed by atoms with Crippen molar-refractivity contribution in [2.24, 2.45) is 0 Å². The first-order chi connectivity index (χ1) is 23.7. The van der Waals surface area contributed by atoms with Gasteiger partial charge in [-0.25, -0.2) is 9.59 Å². The molecule has 0 unspecified atom stereocenters. The summed E-state index contributed by atoms with van der Waals surface area (Å²) in [6, 6.07) is 18.5. The Kier molecular flexibility index (Phi) is 15.3. The maximum atomic E-state index is 13.4. The highest BCUT2D eigenvalue weighted by molar-refractivity contribution is 5.98. The lowest BCUT2D eigenvalue weighted by Crippen LogP contribution is -2.52. The zero-order valence-electron chi connectivity index (χ0n) is 26.5. The van der Waals surface area contributed by atoms with Crippen molar-refractivity contribution < 1.29 is 43.1 Å². The lowest BCUT2D eigenvalue weighted by atomic mass is 10.0. The van der Waals surface area contributed by atoms with Crippen LogP contribution in [0.1, 0.15) is 30.4 Å². The van der Waals surface area contributed by atoms with Crippen molar-refractivity contribution in [2.45, 2.75) is 44.4 Å². The number of anilines is 1. The Morgan fingerprint density at radius 2 is 1.57 bits per heavy atom. The van der Waals surface area contributed by atoms with E-state index in [1.165, 1.54) is 30.3 Å². The zero-order valence-corrected chi connectivity index (χ0v) is 26.5. The van der Waals surface area contributed by atoms with Crippen LogP contribution in [0.3, 0.4) is 0 Å². The zero-order chi connectivity index (χ0) is 35.4. The van der Waals surface area contributed by atoms with Crippen LogP contribution in [0.4, 0.5) is 21.0 Å². The lowest BCUT2D eigenvalue weighted by molar-refractivity contribution is -0.384. The van der Waals surface area contributed by atoms with E-state index in [4.69, 9.17) is 14.2 Å². The van der Waals surface area contributed by atoms with Gasteiger partial charge in [0.15, 0.2) is 0 Å². The predicted molar refractivity (Wildman–Crippen MR) is 177 cm³/mol. The Labute approximate surface area is 282 Å². The minimum absolute atomic E-state index is 0.0733. The molecule has 15 nitrogen and oxygen atoms in total. The second-order valence-electron chi connectivity index (χ2n) is 10.5. The van der Waals surface area contributed by atoms with E-state index in [1.807, 2.05) is 30.3 Å². The number of nitrogens with zero attached hydrogens (tertiary/aromatic N) is 1. The fourth-order valence-corrected chi connectivity index (χ4v) is 4.37. The molecule has 3 aromatic rings. The van der Waals surface area contributed by atoms with Crippen molar-refractivity contribution in [3.05, 3.63) is 113 Å². The third kappa shape index (κ3) is 13.6. The fourth-order valence-electron chi connectivity index (χ4n) is 4.37. The summed E-state index contributed by atoms with van der Waals surface area (Å²) >= 11 is 0. The van der Waals surface area contributed by atoms with Crippen LogP contribution in [0.15, 0.2) is 91.5 Å². The van der Waals surface area contributed by atoms with Crippen LogP contribution < -0.4 is 26.0 Å².